The van der Waals surface area contributed by atoms with E-state index in [0.717, 1.165) is 45.1 Å². The largest absolute Gasteiger partial charge is 0.467 e. The Labute approximate surface area is 114 Å². The number of likely N-dealkylation sites (tertiary alicyclic amines) is 1. The van der Waals surface area contributed by atoms with Crippen molar-refractivity contribution in [3.8, 4) is 0 Å². The van der Waals surface area contributed by atoms with Crippen LogP contribution < -0.4 is 5.73 Å². The van der Waals surface area contributed by atoms with Crippen molar-refractivity contribution in [1.29, 1.82) is 0 Å². The Balaban J connectivity index is 1.94. The Morgan fingerprint density at radius 1 is 1.21 bits per heavy atom. The lowest BCUT2D eigenvalue weighted by Crippen LogP contribution is -2.44. The molecule has 0 aromatic rings. The molecule has 2 aliphatic rings. The number of carbonyl (C=O) groups excluding carboxylic acids is 2. The molecule has 1 aliphatic carbocycles. The summed E-state index contributed by atoms with van der Waals surface area (Å²) in [6, 6.07) is -0.357. The molecule has 108 valence electrons. The third-order valence-corrected chi connectivity index (χ3v) is 4.54. The smallest absolute Gasteiger partial charge is 0.328 e. The van der Waals surface area contributed by atoms with Gasteiger partial charge in [0.15, 0.2) is 0 Å². The Morgan fingerprint density at radius 2 is 1.89 bits per heavy atom. The van der Waals surface area contributed by atoms with Crippen molar-refractivity contribution < 1.29 is 14.3 Å². The maximum atomic E-state index is 12.5. The van der Waals surface area contributed by atoms with Gasteiger partial charge in [-0.2, -0.15) is 0 Å². The molecule has 1 atom stereocenters. The molecule has 0 bridgehead atoms. The van der Waals surface area contributed by atoms with Crippen LogP contribution in [0.25, 0.3) is 0 Å². The van der Waals surface area contributed by atoms with E-state index in [0.29, 0.717) is 12.5 Å². The molecule has 5 heteroatoms. The summed E-state index contributed by atoms with van der Waals surface area (Å²) in [5.74, 6) is 0.511. The van der Waals surface area contributed by atoms with Gasteiger partial charge in [0.2, 0.25) is 5.91 Å². The zero-order valence-corrected chi connectivity index (χ0v) is 11.6. The molecule has 19 heavy (non-hydrogen) atoms. The molecule has 0 aromatic heterocycles. The van der Waals surface area contributed by atoms with Gasteiger partial charge in [-0.3, -0.25) is 4.79 Å². The molecule has 0 spiro atoms. The summed E-state index contributed by atoms with van der Waals surface area (Å²) in [6.07, 6.45) is 5.50. The van der Waals surface area contributed by atoms with E-state index in [1.165, 1.54) is 7.11 Å². The molecule has 0 aromatic carbocycles. The van der Waals surface area contributed by atoms with Crippen LogP contribution in [0.15, 0.2) is 0 Å². The lowest BCUT2D eigenvalue weighted by Gasteiger charge is -2.31. The minimum atomic E-state index is -0.357. The quantitative estimate of drug-likeness (QED) is 0.772. The molecule has 2 rings (SSSR count). The Hall–Kier alpha value is -1.10. The number of methoxy groups -OCH3 is 1. The third kappa shape index (κ3) is 3.08. The van der Waals surface area contributed by atoms with E-state index in [9.17, 15) is 9.59 Å². The van der Waals surface area contributed by atoms with Crippen molar-refractivity contribution in [3.05, 3.63) is 0 Å². The van der Waals surface area contributed by atoms with Gasteiger partial charge in [-0.1, -0.05) is 0 Å². The van der Waals surface area contributed by atoms with Gasteiger partial charge in [-0.05, 0) is 51.0 Å². The fourth-order valence-corrected chi connectivity index (χ4v) is 3.29. The first-order valence-corrected chi connectivity index (χ1v) is 7.25. The monoisotopic (exact) mass is 268 g/mol. The molecule has 1 amide bonds. The number of nitrogens with two attached hydrogens (primary N) is 1. The van der Waals surface area contributed by atoms with E-state index in [1.807, 2.05) is 0 Å². The van der Waals surface area contributed by atoms with Gasteiger partial charge in [0.1, 0.15) is 6.04 Å². The first-order chi connectivity index (χ1) is 9.17. The number of hydrogen-bond donors (Lipinski definition) is 1. The second-order valence-corrected chi connectivity index (χ2v) is 5.67. The second kappa shape index (κ2) is 6.37. The number of hydrogen-bond acceptors (Lipinski definition) is 4. The molecule has 1 saturated heterocycles. The first-order valence-electron chi connectivity index (χ1n) is 7.25. The Kier molecular flexibility index (Phi) is 4.80. The predicted octanol–water partition coefficient (Wildman–Crippen LogP) is 0.915. The van der Waals surface area contributed by atoms with Gasteiger partial charge < -0.3 is 15.4 Å². The summed E-state index contributed by atoms with van der Waals surface area (Å²) >= 11 is 0. The highest BCUT2D eigenvalue weighted by atomic mass is 16.5. The molecule has 1 heterocycles. The van der Waals surface area contributed by atoms with Crippen LogP contribution in [0.2, 0.25) is 0 Å². The van der Waals surface area contributed by atoms with E-state index < -0.39 is 0 Å². The lowest BCUT2D eigenvalue weighted by atomic mass is 9.81. The van der Waals surface area contributed by atoms with E-state index in [2.05, 4.69) is 0 Å². The summed E-state index contributed by atoms with van der Waals surface area (Å²) in [7, 11) is 1.38. The van der Waals surface area contributed by atoms with Gasteiger partial charge in [-0.15, -0.1) is 0 Å². The molecule has 1 aliphatic heterocycles. The van der Waals surface area contributed by atoms with Gasteiger partial charge in [0.25, 0.3) is 0 Å². The average Bonchev–Trinajstić information content (AvgIpc) is 2.95. The zero-order valence-electron chi connectivity index (χ0n) is 11.6. The lowest BCUT2D eigenvalue weighted by molar-refractivity contribution is -0.152. The summed E-state index contributed by atoms with van der Waals surface area (Å²) < 4.78 is 4.79. The van der Waals surface area contributed by atoms with Crippen molar-refractivity contribution in [3.63, 3.8) is 0 Å². The highest BCUT2D eigenvalue weighted by Crippen LogP contribution is 2.31. The minimum absolute atomic E-state index is 0.0769. The van der Waals surface area contributed by atoms with Crippen LogP contribution in [-0.4, -0.2) is 43.0 Å². The van der Waals surface area contributed by atoms with Crippen LogP contribution in [0.5, 0.6) is 0 Å². The van der Waals surface area contributed by atoms with Gasteiger partial charge >= 0.3 is 5.97 Å². The summed E-state index contributed by atoms with van der Waals surface area (Å²) in [5.41, 5.74) is 5.67. The normalized spacial score (nSPS) is 31.3. The summed E-state index contributed by atoms with van der Waals surface area (Å²) in [5, 5.41) is 0. The maximum Gasteiger partial charge on any atom is 0.328 e. The van der Waals surface area contributed by atoms with Crippen LogP contribution in [0, 0.1) is 11.8 Å². The minimum Gasteiger partial charge on any atom is -0.467 e. The van der Waals surface area contributed by atoms with Crippen molar-refractivity contribution >= 4 is 11.9 Å². The third-order valence-electron chi connectivity index (χ3n) is 4.54. The SMILES string of the molecule is COC(=O)C1CCCN1C(=O)C1CCC(CN)CC1. The number of ether oxygens (including phenoxy) is 1. The number of nitrogens with zero attached hydrogens (tertiary/aromatic N) is 1. The van der Waals surface area contributed by atoms with Crippen molar-refractivity contribution in [1.82, 2.24) is 4.90 Å². The molecular weight excluding hydrogens is 244 g/mol. The number of amides is 1. The number of esters is 1. The van der Waals surface area contributed by atoms with Crippen LogP contribution in [0.3, 0.4) is 0 Å². The number of carbonyl (C=O) groups is 2. The van der Waals surface area contributed by atoms with Gasteiger partial charge in [0.05, 0.1) is 7.11 Å². The molecule has 2 fully saturated rings. The van der Waals surface area contributed by atoms with Gasteiger partial charge in [0, 0.05) is 12.5 Å². The van der Waals surface area contributed by atoms with Crippen LogP contribution in [0.1, 0.15) is 38.5 Å². The van der Waals surface area contributed by atoms with Crippen LogP contribution >= 0.6 is 0 Å². The van der Waals surface area contributed by atoms with Crippen LogP contribution in [0.4, 0.5) is 0 Å². The topological polar surface area (TPSA) is 72.6 Å². The standard InChI is InChI=1S/C14H24N2O3/c1-19-14(18)12-3-2-8-16(12)13(17)11-6-4-10(9-15)5-7-11/h10-12H,2-9,15H2,1H3. The molecule has 1 unspecified atom stereocenters. The molecule has 1 saturated carbocycles. The van der Waals surface area contributed by atoms with Crippen LogP contribution in [-0.2, 0) is 14.3 Å². The predicted molar refractivity (Wildman–Crippen MR) is 71.3 cm³/mol. The van der Waals surface area contributed by atoms with E-state index in [1.54, 1.807) is 4.90 Å². The maximum absolute atomic E-state index is 12.5. The van der Waals surface area contributed by atoms with E-state index >= 15 is 0 Å². The Morgan fingerprint density at radius 3 is 2.47 bits per heavy atom. The highest BCUT2D eigenvalue weighted by molar-refractivity contribution is 5.86. The Bertz CT molecular complexity index is 338. The fourth-order valence-electron chi connectivity index (χ4n) is 3.29. The second-order valence-electron chi connectivity index (χ2n) is 5.67. The summed E-state index contributed by atoms with van der Waals surface area (Å²) in [6.45, 7) is 1.41. The summed E-state index contributed by atoms with van der Waals surface area (Å²) in [4.78, 5) is 25.9. The zero-order chi connectivity index (χ0) is 13.8. The molecular formula is C14H24N2O3. The van der Waals surface area contributed by atoms with E-state index in [-0.39, 0.29) is 23.8 Å². The average molecular weight is 268 g/mol. The first kappa shape index (κ1) is 14.3. The fraction of sp³-hybridized carbons (Fsp3) is 0.857. The number of rotatable bonds is 3. The van der Waals surface area contributed by atoms with Crippen molar-refractivity contribution in [2.24, 2.45) is 17.6 Å². The van der Waals surface area contributed by atoms with Gasteiger partial charge in [-0.25, -0.2) is 4.79 Å². The molecule has 2 N–H and O–H groups in total. The molecule has 5 nitrogen and oxygen atoms in total. The highest BCUT2D eigenvalue weighted by Gasteiger charge is 2.38. The van der Waals surface area contributed by atoms with E-state index in [4.69, 9.17) is 10.5 Å². The molecule has 0 radical (unpaired) electrons. The van der Waals surface area contributed by atoms with Crippen molar-refractivity contribution in [2.75, 3.05) is 20.2 Å². The van der Waals surface area contributed by atoms with Crippen molar-refractivity contribution in [2.45, 2.75) is 44.6 Å².